The molecule has 0 aliphatic carbocycles. The molecule has 1 amide bonds. The Bertz CT molecular complexity index is 1690. The van der Waals surface area contributed by atoms with Gasteiger partial charge in [0.05, 0.1) is 20.7 Å². The van der Waals surface area contributed by atoms with Gasteiger partial charge in [-0.15, -0.1) is 0 Å². The van der Waals surface area contributed by atoms with Crippen LogP contribution in [0, 0.1) is 3.57 Å². The lowest BCUT2D eigenvalue weighted by Crippen LogP contribution is -2.20. The zero-order valence-electron chi connectivity index (χ0n) is 17.9. The normalized spacial score (nSPS) is 11.5. The van der Waals surface area contributed by atoms with E-state index >= 15 is 0 Å². The van der Waals surface area contributed by atoms with E-state index in [2.05, 4.69) is 32.7 Å². The van der Waals surface area contributed by atoms with Gasteiger partial charge < -0.3 is 14.9 Å². The maximum Gasteiger partial charge on any atom is 0.282 e. The van der Waals surface area contributed by atoms with Crippen LogP contribution < -0.4 is 16.0 Å². The lowest BCUT2D eigenvalue weighted by Gasteiger charge is -2.08. The van der Waals surface area contributed by atoms with Crippen LogP contribution in [-0.4, -0.2) is 28.4 Å². The number of primary amides is 1. The number of carbonyl (C=O) groups is 1. The number of carbonyl (C=O) groups excluding carboxylic acids is 1. The Morgan fingerprint density at radius 2 is 2.00 bits per heavy atom. The van der Waals surface area contributed by atoms with Crippen LogP contribution in [0.3, 0.4) is 0 Å². The van der Waals surface area contributed by atoms with Gasteiger partial charge in [0.15, 0.2) is 12.4 Å². The molecule has 0 spiro atoms. The van der Waals surface area contributed by atoms with Crippen molar-refractivity contribution < 1.29 is 13.9 Å². The van der Waals surface area contributed by atoms with Gasteiger partial charge >= 0.3 is 0 Å². The monoisotopic (exact) mass is 598 g/mol. The number of hydrogen-bond donors (Lipinski definition) is 1. The highest BCUT2D eigenvalue weighted by atomic mass is 127. The number of amides is 1. The number of para-hydroxylation sites is 1. The van der Waals surface area contributed by atoms with Gasteiger partial charge in [-0.3, -0.25) is 9.59 Å². The molecular weight excluding hydrogens is 583 g/mol. The van der Waals surface area contributed by atoms with Crippen molar-refractivity contribution in [3.63, 3.8) is 0 Å². The van der Waals surface area contributed by atoms with E-state index in [1.165, 1.54) is 4.68 Å². The first kappa shape index (κ1) is 23.1. The zero-order chi connectivity index (χ0) is 24.5. The first-order valence-corrected chi connectivity index (χ1v) is 11.8. The Morgan fingerprint density at radius 1 is 1.17 bits per heavy atom. The molecule has 2 aromatic heterocycles. The van der Waals surface area contributed by atoms with Crippen molar-refractivity contribution in [1.29, 1.82) is 0 Å². The summed E-state index contributed by atoms with van der Waals surface area (Å²) < 4.78 is 13.3. The first-order chi connectivity index (χ1) is 16.9. The van der Waals surface area contributed by atoms with Gasteiger partial charge in [-0.05, 0) is 82.8 Å². The Kier molecular flexibility index (Phi) is 6.27. The Labute approximate surface area is 217 Å². The molecule has 0 unspecified atom stereocenters. The first-order valence-electron chi connectivity index (χ1n) is 10.4. The summed E-state index contributed by atoms with van der Waals surface area (Å²) in [5, 5.41) is 6.23. The molecule has 0 saturated carbocycles. The van der Waals surface area contributed by atoms with Crippen molar-refractivity contribution in [2.24, 2.45) is 10.8 Å². The van der Waals surface area contributed by atoms with Crippen LogP contribution in [0.1, 0.15) is 5.56 Å². The summed E-state index contributed by atoms with van der Waals surface area (Å²) in [5.74, 6) is 0.600. The predicted octanol–water partition coefficient (Wildman–Crippen LogP) is 4.81. The molecule has 174 valence electrons. The van der Waals surface area contributed by atoms with E-state index < -0.39 is 5.91 Å². The Hall–Kier alpha value is -3.70. The molecule has 0 radical (unpaired) electrons. The fourth-order valence-corrected chi connectivity index (χ4v) is 4.38. The maximum atomic E-state index is 13.4. The second-order valence-electron chi connectivity index (χ2n) is 7.55. The summed E-state index contributed by atoms with van der Waals surface area (Å²) in [5.41, 5.74) is 6.66. The smallest absolute Gasteiger partial charge is 0.282 e. The standard InChI is InChI=1S/C25H16ClIN4O4/c26-16-6-8-20-15(10-16)11-22(35-20)24-30-19-4-2-1-3-17(19)25(33)31(24)29-12-14-5-7-21(18(27)9-14)34-13-23(28)32/h1-12H,13H2,(H2,28,32). The lowest BCUT2D eigenvalue weighted by molar-refractivity contribution is -0.119. The maximum absolute atomic E-state index is 13.4. The molecule has 2 heterocycles. The number of rotatable bonds is 6. The van der Waals surface area contributed by atoms with Gasteiger partial charge in [-0.1, -0.05) is 23.7 Å². The number of nitrogens with two attached hydrogens (primary N) is 1. The van der Waals surface area contributed by atoms with E-state index in [4.69, 9.17) is 26.5 Å². The molecule has 5 rings (SSSR count). The van der Waals surface area contributed by atoms with Crippen LogP contribution in [-0.2, 0) is 4.79 Å². The van der Waals surface area contributed by atoms with Gasteiger partial charge in [0.2, 0.25) is 5.82 Å². The van der Waals surface area contributed by atoms with Gasteiger partial charge in [0.1, 0.15) is 11.3 Å². The van der Waals surface area contributed by atoms with Gasteiger partial charge in [0, 0.05) is 10.4 Å². The van der Waals surface area contributed by atoms with Crippen LogP contribution in [0.15, 0.2) is 81.0 Å². The Balaban J connectivity index is 1.60. The van der Waals surface area contributed by atoms with E-state index in [1.807, 2.05) is 12.1 Å². The molecule has 2 N–H and O–H groups in total. The number of hydrogen-bond acceptors (Lipinski definition) is 6. The second kappa shape index (κ2) is 9.51. The van der Waals surface area contributed by atoms with Crippen molar-refractivity contribution >= 4 is 68.2 Å². The number of ether oxygens (including phenoxy) is 1. The summed E-state index contributed by atoms with van der Waals surface area (Å²) in [4.78, 5) is 29.0. The lowest BCUT2D eigenvalue weighted by atomic mass is 10.2. The van der Waals surface area contributed by atoms with Crippen LogP contribution in [0.5, 0.6) is 5.75 Å². The third kappa shape index (κ3) is 4.77. The average molecular weight is 599 g/mol. The van der Waals surface area contributed by atoms with E-state index in [0.29, 0.717) is 38.6 Å². The number of benzene rings is 3. The third-order valence-corrected chi connectivity index (χ3v) is 6.18. The van der Waals surface area contributed by atoms with Crippen molar-refractivity contribution in [3.8, 4) is 17.3 Å². The topological polar surface area (TPSA) is 113 Å². The number of nitrogens with zero attached hydrogens (tertiary/aromatic N) is 3. The molecular formula is C25H16ClIN4O4. The minimum atomic E-state index is -0.560. The molecule has 0 aliphatic rings. The van der Waals surface area contributed by atoms with E-state index in [1.54, 1.807) is 60.8 Å². The van der Waals surface area contributed by atoms with Crippen molar-refractivity contribution in [2.75, 3.05) is 6.61 Å². The van der Waals surface area contributed by atoms with Crippen molar-refractivity contribution in [2.45, 2.75) is 0 Å². The predicted molar refractivity (Wildman–Crippen MR) is 143 cm³/mol. The summed E-state index contributed by atoms with van der Waals surface area (Å²) in [6.07, 6.45) is 1.54. The largest absolute Gasteiger partial charge is 0.483 e. The Morgan fingerprint density at radius 3 is 2.80 bits per heavy atom. The van der Waals surface area contributed by atoms with Gasteiger partial charge in [0.25, 0.3) is 11.5 Å². The molecule has 35 heavy (non-hydrogen) atoms. The van der Waals surface area contributed by atoms with Gasteiger partial charge in [-0.25, -0.2) is 4.98 Å². The van der Waals surface area contributed by atoms with E-state index in [0.717, 1.165) is 8.96 Å². The summed E-state index contributed by atoms with van der Waals surface area (Å²) >= 11 is 8.20. The molecule has 3 aromatic carbocycles. The molecule has 0 fully saturated rings. The molecule has 0 saturated heterocycles. The van der Waals surface area contributed by atoms with Crippen LogP contribution in [0.4, 0.5) is 0 Å². The molecule has 10 heteroatoms. The fourth-order valence-electron chi connectivity index (χ4n) is 3.50. The fraction of sp³-hybridized carbons (Fsp3) is 0.0400. The highest BCUT2D eigenvalue weighted by Crippen LogP contribution is 2.29. The molecule has 0 atom stereocenters. The minimum absolute atomic E-state index is 0.215. The minimum Gasteiger partial charge on any atom is -0.483 e. The quantitative estimate of drug-likeness (QED) is 0.223. The highest BCUT2D eigenvalue weighted by Gasteiger charge is 2.16. The van der Waals surface area contributed by atoms with Crippen molar-refractivity contribution in [3.05, 3.63) is 91.2 Å². The van der Waals surface area contributed by atoms with Crippen LogP contribution in [0.25, 0.3) is 33.5 Å². The average Bonchev–Trinajstić information content (AvgIpc) is 3.25. The molecule has 0 bridgehead atoms. The summed E-state index contributed by atoms with van der Waals surface area (Å²) in [6, 6.07) is 19.4. The zero-order valence-corrected chi connectivity index (χ0v) is 20.9. The highest BCUT2D eigenvalue weighted by molar-refractivity contribution is 14.1. The SMILES string of the molecule is NC(=O)COc1ccc(C=Nn2c(-c3cc4cc(Cl)ccc4o3)nc3ccccc3c2=O)cc1I. The van der Waals surface area contributed by atoms with Crippen LogP contribution in [0.2, 0.25) is 5.02 Å². The molecule has 8 nitrogen and oxygen atoms in total. The molecule has 0 aliphatic heterocycles. The van der Waals surface area contributed by atoms with E-state index in [9.17, 15) is 9.59 Å². The van der Waals surface area contributed by atoms with E-state index in [-0.39, 0.29) is 18.0 Å². The second-order valence-corrected chi connectivity index (χ2v) is 9.15. The number of halogens is 2. The third-order valence-electron chi connectivity index (χ3n) is 5.10. The number of furan rings is 1. The number of fused-ring (bicyclic) bond motifs is 2. The summed E-state index contributed by atoms with van der Waals surface area (Å²) in [7, 11) is 0. The summed E-state index contributed by atoms with van der Waals surface area (Å²) in [6.45, 7) is -0.215. The van der Waals surface area contributed by atoms with Gasteiger partial charge in [-0.2, -0.15) is 9.78 Å². The van der Waals surface area contributed by atoms with Crippen LogP contribution >= 0.6 is 34.2 Å². The molecule has 5 aromatic rings. The van der Waals surface area contributed by atoms with Crippen molar-refractivity contribution in [1.82, 2.24) is 9.66 Å². The number of aromatic nitrogens is 2.